The number of anilines is 2. The molecule has 2 heterocycles. The van der Waals surface area contributed by atoms with Crippen molar-refractivity contribution in [2.75, 3.05) is 23.3 Å². The van der Waals surface area contributed by atoms with E-state index in [9.17, 15) is 4.79 Å². The van der Waals surface area contributed by atoms with Crippen LogP contribution in [0.3, 0.4) is 0 Å². The molecule has 7 heteroatoms. The minimum absolute atomic E-state index is 0.0186. The Kier molecular flexibility index (Phi) is 6.37. The quantitative estimate of drug-likeness (QED) is 0.580. The number of aromatic nitrogens is 2. The molecule has 1 aromatic heterocycles. The van der Waals surface area contributed by atoms with Crippen LogP contribution in [0.25, 0.3) is 0 Å². The van der Waals surface area contributed by atoms with Gasteiger partial charge in [0.1, 0.15) is 5.75 Å². The van der Waals surface area contributed by atoms with Crippen LogP contribution in [0.1, 0.15) is 24.0 Å². The van der Waals surface area contributed by atoms with Gasteiger partial charge in [-0.2, -0.15) is 0 Å². The van der Waals surface area contributed by atoms with Crippen LogP contribution in [0, 0.1) is 19.8 Å². The zero-order valence-electron chi connectivity index (χ0n) is 17.6. The average molecular weight is 437 g/mol. The lowest BCUT2D eigenvalue weighted by molar-refractivity contribution is -0.120. The number of halogens is 1. The van der Waals surface area contributed by atoms with Gasteiger partial charge in [-0.3, -0.25) is 4.79 Å². The smallest absolute Gasteiger partial charge is 0.263 e. The van der Waals surface area contributed by atoms with Crippen LogP contribution in [0.15, 0.2) is 54.9 Å². The van der Waals surface area contributed by atoms with E-state index in [0.717, 1.165) is 36.3 Å². The van der Waals surface area contributed by atoms with Gasteiger partial charge in [0.25, 0.3) is 5.88 Å². The molecule has 3 aromatic rings. The fourth-order valence-electron chi connectivity index (χ4n) is 3.68. The molecule has 1 fully saturated rings. The van der Waals surface area contributed by atoms with Crippen molar-refractivity contribution in [1.29, 1.82) is 0 Å². The molecule has 4 rings (SSSR count). The van der Waals surface area contributed by atoms with Gasteiger partial charge in [0.15, 0.2) is 5.82 Å². The normalized spacial score (nSPS) is 16.1. The van der Waals surface area contributed by atoms with E-state index in [1.807, 2.05) is 50.2 Å². The molecule has 0 unspecified atom stereocenters. The summed E-state index contributed by atoms with van der Waals surface area (Å²) < 4.78 is 6.08. The first-order chi connectivity index (χ1) is 15.0. The molecule has 1 atom stereocenters. The Bertz CT molecular complexity index is 1090. The molecule has 0 aliphatic carbocycles. The summed E-state index contributed by atoms with van der Waals surface area (Å²) in [4.78, 5) is 23.9. The Balaban J connectivity index is 1.49. The number of ether oxygens (including phenoxy) is 1. The largest absolute Gasteiger partial charge is 0.436 e. The van der Waals surface area contributed by atoms with Crippen molar-refractivity contribution in [1.82, 2.24) is 9.97 Å². The molecule has 1 N–H and O–H groups in total. The summed E-state index contributed by atoms with van der Waals surface area (Å²) >= 11 is 6.19. The molecule has 1 aliphatic rings. The van der Waals surface area contributed by atoms with Crippen molar-refractivity contribution >= 4 is 29.0 Å². The molecule has 1 saturated heterocycles. The van der Waals surface area contributed by atoms with E-state index in [2.05, 4.69) is 20.2 Å². The average Bonchev–Trinajstić information content (AvgIpc) is 2.78. The lowest BCUT2D eigenvalue weighted by Crippen LogP contribution is -2.41. The van der Waals surface area contributed by atoms with Crippen molar-refractivity contribution in [2.24, 2.45) is 5.92 Å². The van der Waals surface area contributed by atoms with Crippen LogP contribution < -0.4 is 15.0 Å². The van der Waals surface area contributed by atoms with E-state index < -0.39 is 0 Å². The Labute approximate surface area is 187 Å². The predicted molar refractivity (Wildman–Crippen MR) is 123 cm³/mol. The zero-order valence-corrected chi connectivity index (χ0v) is 18.4. The number of hydrogen-bond donors (Lipinski definition) is 1. The van der Waals surface area contributed by atoms with Gasteiger partial charge in [-0.1, -0.05) is 35.9 Å². The number of para-hydroxylation sites is 1. The topological polar surface area (TPSA) is 67.4 Å². The maximum Gasteiger partial charge on any atom is 0.263 e. The lowest BCUT2D eigenvalue weighted by atomic mass is 9.97. The van der Waals surface area contributed by atoms with Gasteiger partial charge in [0.05, 0.1) is 5.92 Å². The number of amides is 1. The van der Waals surface area contributed by atoms with Crippen molar-refractivity contribution < 1.29 is 9.53 Å². The second-order valence-corrected chi connectivity index (χ2v) is 8.20. The third kappa shape index (κ3) is 4.97. The van der Waals surface area contributed by atoms with Crippen LogP contribution in [0.4, 0.5) is 11.5 Å². The maximum absolute atomic E-state index is 12.9. The Morgan fingerprint density at radius 3 is 2.74 bits per heavy atom. The van der Waals surface area contributed by atoms with Crippen molar-refractivity contribution in [3.05, 3.63) is 71.0 Å². The molecular formula is C24H25ClN4O2. The summed E-state index contributed by atoms with van der Waals surface area (Å²) in [6.45, 7) is 5.27. The van der Waals surface area contributed by atoms with E-state index in [1.165, 1.54) is 0 Å². The summed E-state index contributed by atoms with van der Waals surface area (Å²) in [5.74, 6) is 1.66. The van der Waals surface area contributed by atoms with E-state index in [1.54, 1.807) is 18.5 Å². The molecule has 0 bridgehead atoms. The van der Waals surface area contributed by atoms with Crippen molar-refractivity contribution in [3.63, 3.8) is 0 Å². The molecule has 0 spiro atoms. The first-order valence-electron chi connectivity index (χ1n) is 10.4. The standard InChI is InChI=1S/C24H25ClN4O2/c1-16-9-10-19(14-20(16)25)28-23(30)18-7-5-13-29(15-18)22-24(27-12-11-26-22)31-21-8-4-3-6-17(21)2/h3-4,6,8-12,14,18H,5,7,13,15H2,1-2H3,(H,28,30)/t18-/m0/s1. The Morgan fingerprint density at radius 2 is 1.94 bits per heavy atom. The van der Waals surface area contributed by atoms with Crippen LogP contribution in [0.5, 0.6) is 11.6 Å². The summed E-state index contributed by atoms with van der Waals surface area (Å²) in [5.41, 5.74) is 2.71. The van der Waals surface area contributed by atoms with Gasteiger partial charge in [-0.15, -0.1) is 0 Å². The van der Waals surface area contributed by atoms with E-state index in [-0.39, 0.29) is 11.8 Å². The SMILES string of the molecule is Cc1ccc(NC(=O)[C@H]2CCCN(c3nccnc3Oc3ccccc3C)C2)cc1Cl. The fraction of sp³-hybridized carbons (Fsp3) is 0.292. The minimum atomic E-state index is -0.165. The molecule has 31 heavy (non-hydrogen) atoms. The first-order valence-corrected chi connectivity index (χ1v) is 10.8. The van der Waals surface area contributed by atoms with E-state index in [0.29, 0.717) is 29.0 Å². The first kappa shape index (κ1) is 21.1. The van der Waals surface area contributed by atoms with Gasteiger partial charge in [-0.05, 0) is 56.0 Å². The van der Waals surface area contributed by atoms with Gasteiger partial charge in [0.2, 0.25) is 5.91 Å². The molecule has 0 saturated carbocycles. The monoisotopic (exact) mass is 436 g/mol. The lowest BCUT2D eigenvalue weighted by Gasteiger charge is -2.33. The second-order valence-electron chi connectivity index (χ2n) is 7.79. The number of nitrogens with one attached hydrogen (secondary N) is 1. The van der Waals surface area contributed by atoms with Crippen LogP contribution in [0.2, 0.25) is 5.02 Å². The van der Waals surface area contributed by atoms with Crippen LogP contribution in [-0.2, 0) is 4.79 Å². The van der Waals surface area contributed by atoms with Gasteiger partial charge >= 0.3 is 0 Å². The number of carbonyl (C=O) groups is 1. The molecule has 6 nitrogen and oxygen atoms in total. The number of benzene rings is 2. The molecule has 160 valence electrons. The summed E-state index contributed by atoms with van der Waals surface area (Å²) in [5, 5.41) is 3.64. The number of rotatable bonds is 5. The predicted octanol–water partition coefficient (Wildman–Crippen LogP) is 5.39. The van der Waals surface area contributed by atoms with E-state index >= 15 is 0 Å². The van der Waals surface area contributed by atoms with Crippen molar-refractivity contribution in [2.45, 2.75) is 26.7 Å². The van der Waals surface area contributed by atoms with Crippen LogP contribution >= 0.6 is 11.6 Å². The number of carbonyl (C=O) groups excluding carboxylic acids is 1. The third-order valence-corrected chi connectivity index (χ3v) is 5.89. The third-order valence-electron chi connectivity index (χ3n) is 5.48. The second kappa shape index (κ2) is 9.35. The summed E-state index contributed by atoms with van der Waals surface area (Å²) in [7, 11) is 0. The molecule has 1 aliphatic heterocycles. The number of nitrogens with zero attached hydrogens (tertiary/aromatic N) is 3. The van der Waals surface area contributed by atoms with Crippen LogP contribution in [-0.4, -0.2) is 29.0 Å². The Hall–Kier alpha value is -3.12. The highest BCUT2D eigenvalue weighted by atomic mass is 35.5. The fourth-order valence-corrected chi connectivity index (χ4v) is 3.86. The number of aryl methyl sites for hydroxylation is 2. The Morgan fingerprint density at radius 1 is 1.13 bits per heavy atom. The van der Waals surface area contributed by atoms with E-state index in [4.69, 9.17) is 16.3 Å². The highest BCUT2D eigenvalue weighted by Crippen LogP contribution is 2.32. The number of hydrogen-bond acceptors (Lipinski definition) is 5. The molecule has 2 aromatic carbocycles. The highest BCUT2D eigenvalue weighted by Gasteiger charge is 2.28. The maximum atomic E-state index is 12.9. The van der Waals surface area contributed by atoms with Gasteiger partial charge in [0, 0.05) is 36.2 Å². The minimum Gasteiger partial charge on any atom is -0.436 e. The highest BCUT2D eigenvalue weighted by molar-refractivity contribution is 6.31. The van der Waals surface area contributed by atoms with Gasteiger partial charge < -0.3 is 15.0 Å². The molecule has 0 radical (unpaired) electrons. The summed E-state index contributed by atoms with van der Waals surface area (Å²) in [6.07, 6.45) is 4.97. The molecular weight excluding hydrogens is 412 g/mol. The van der Waals surface area contributed by atoms with Gasteiger partial charge in [-0.25, -0.2) is 9.97 Å². The zero-order chi connectivity index (χ0) is 21.8. The summed E-state index contributed by atoms with van der Waals surface area (Å²) in [6, 6.07) is 13.4. The van der Waals surface area contributed by atoms with Crippen molar-refractivity contribution in [3.8, 4) is 11.6 Å². The number of piperidine rings is 1. The molecule has 1 amide bonds.